The number of carbonyl (C=O) groups is 3. The maximum Gasteiger partial charge on any atom is 0.322 e. The molecule has 0 aromatic carbocycles. The topological polar surface area (TPSA) is 85.9 Å². The van der Waals surface area contributed by atoms with Crippen molar-refractivity contribution in [2.24, 2.45) is 10.9 Å². The minimum Gasteiger partial charge on any atom is -0.469 e. The lowest BCUT2D eigenvalue weighted by atomic mass is 9.79. The Bertz CT molecular complexity index is 668. The molecular weight excluding hydrogens is 274 g/mol. The number of amides is 1. The highest BCUT2D eigenvalue weighted by Gasteiger charge is 2.38. The average Bonchev–Trinajstić information content (AvgIpc) is 3.00. The quantitative estimate of drug-likeness (QED) is 0.606. The minimum atomic E-state index is -1.11. The zero-order valence-electron chi connectivity index (χ0n) is 11.4. The lowest BCUT2D eigenvalue weighted by Crippen LogP contribution is -2.33. The first-order valence-corrected chi connectivity index (χ1v) is 6.58. The first kappa shape index (κ1) is 13.5. The molecule has 1 fully saturated rings. The van der Waals surface area contributed by atoms with Gasteiger partial charge in [-0.2, -0.15) is 0 Å². The first-order chi connectivity index (χ1) is 10.1. The van der Waals surface area contributed by atoms with E-state index in [-0.39, 0.29) is 18.1 Å². The molecule has 6 heteroatoms. The van der Waals surface area contributed by atoms with Crippen molar-refractivity contribution in [2.75, 3.05) is 7.11 Å². The van der Waals surface area contributed by atoms with Gasteiger partial charge in [0.05, 0.1) is 19.1 Å². The van der Waals surface area contributed by atoms with E-state index in [4.69, 9.17) is 4.42 Å². The number of dihydropyridines is 1. The zero-order valence-corrected chi connectivity index (χ0v) is 11.4. The minimum absolute atomic E-state index is 0.120. The Labute approximate surface area is 120 Å². The number of ether oxygens (including phenoxy) is 1. The van der Waals surface area contributed by atoms with Crippen LogP contribution in [0.25, 0.3) is 0 Å². The van der Waals surface area contributed by atoms with E-state index >= 15 is 0 Å². The molecule has 3 rings (SSSR count). The maximum atomic E-state index is 12.2. The molecule has 1 aliphatic heterocycles. The standard InChI is InChI=1S/C15H13NO5/c1-20-15(19)10-7-9-11(16-14(10)18)5-8(6-12(9)17)13-3-2-4-21-13/h2-4,7-8,10H,5-6H2,1H3. The number of nitrogens with zero attached hydrogens (tertiary/aromatic N) is 1. The molecule has 0 bridgehead atoms. The molecule has 0 saturated heterocycles. The number of esters is 1. The summed E-state index contributed by atoms with van der Waals surface area (Å²) >= 11 is 0. The molecule has 2 atom stereocenters. The fourth-order valence-electron chi connectivity index (χ4n) is 2.67. The van der Waals surface area contributed by atoms with Crippen LogP contribution in [0.1, 0.15) is 24.5 Å². The van der Waals surface area contributed by atoms with Gasteiger partial charge in [0.15, 0.2) is 11.7 Å². The highest BCUT2D eigenvalue weighted by atomic mass is 16.5. The van der Waals surface area contributed by atoms with E-state index in [0.717, 1.165) is 0 Å². The predicted octanol–water partition coefficient (Wildman–Crippen LogP) is 1.42. The SMILES string of the molecule is COC(=O)C1C=C2C(=O)CC(c3ccco3)CC2=NC1=O. The summed E-state index contributed by atoms with van der Waals surface area (Å²) in [6, 6.07) is 3.56. The second-order valence-corrected chi connectivity index (χ2v) is 5.02. The van der Waals surface area contributed by atoms with Crippen LogP contribution in [0.15, 0.2) is 39.5 Å². The van der Waals surface area contributed by atoms with Gasteiger partial charge in [0.1, 0.15) is 5.76 Å². The molecule has 2 heterocycles. The van der Waals surface area contributed by atoms with Crippen LogP contribution in [0.3, 0.4) is 0 Å². The van der Waals surface area contributed by atoms with E-state index in [0.29, 0.717) is 23.5 Å². The average molecular weight is 287 g/mol. The van der Waals surface area contributed by atoms with Crippen LogP contribution in [-0.2, 0) is 19.1 Å². The summed E-state index contributed by atoms with van der Waals surface area (Å²) in [7, 11) is 1.20. The summed E-state index contributed by atoms with van der Waals surface area (Å²) < 4.78 is 9.87. The van der Waals surface area contributed by atoms with Gasteiger partial charge in [0.2, 0.25) is 0 Å². The van der Waals surface area contributed by atoms with Gasteiger partial charge in [-0.05, 0) is 18.2 Å². The van der Waals surface area contributed by atoms with Crippen molar-refractivity contribution < 1.29 is 23.5 Å². The van der Waals surface area contributed by atoms with Crippen molar-refractivity contribution in [1.29, 1.82) is 0 Å². The van der Waals surface area contributed by atoms with E-state index in [1.165, 1.54) is 13.2 Å². The van der Waals surface area contributed by atoms with E-state index in [9.17, 15) is 14.4 Å². The third-order valence-electron chi connectivity index (χ3n) is 3.73. The van der Waals surface area contributed by atoms with Crippen molar-refractivity contribution >= 4 is 23.4 Å². The fourth-order valence-corrected chi connectivity index (χ4v) is 2.67. The molecule has 108 valence electrons. The number of hydrogen-bond acceptors (Lipinski definition) is 5. The number of furan rings is 1. The largest absolute Gasteiger partial charge is 0.469 e. The van der Waals surface area contributed by atoms with Crippen molar-refractivity contribution in [3.8, 4) is 0 Å². The van der Waals surface area contributed by atoms with E-state index in [2.05, 4.69) is 9.73 Å². The van der Waals surface area contributed by atoms with Gasteiger partial charge >= 0.3 is 5.97 Å². The fraction of sp³-hybridized carbons (Fsp3) is 0.333. The molecule has 1 aromatic heterocycles. The third-order valence-corrected chi connectivity index (χ3v) is 3.73. The van der Waals surface area contributed by atoms with Crippen LogP contribution in [0.2, 0.25) is 0 Å². The van der Waals surface area contributed by atoms with Gasteiger partial charge in [-0.1, -0.05) is 0 Å². The molecule has 1 amide bonds. The van der Waals surface area contributed by atoms with Crippen LogP contribution < -0.4 is 0 Å². The van der Waals surface area contributed by atoms with Crippen LogP contribution in [0, 0.1) is 5.92 Å². The lowest BCUT2D eigenvalue weighted by Gasteiger charge is -2.26. The van der Waals surface area contributed by atoms with Gasteiger partial charge in [-0.3, -0.25) is 14.4 Å². The predicted molar refractivity (Wildman–Crippen MR) is 71.7 cm³/mol. The van der Waals surface area contributed by atoms with Crippen molar-refractivity contribution in [1.82, 2.24) is 0 Å². The third kappa shape index (κ3) is 2.33. The normalized spacial score (nSPS) is 25.0. The summed E-state index contributed by atoms with van der Waals surface area (Å²) in [6.07, 6.45) is 3.65. The molecular formula is C15H13NO5. The summed E-state index contributed by atoms with van der Waals surface area (Å²) in [4.78, 5) is 39.6. The van der Waals surface area contributed by atoms with E-state index in [1.807, 2.05) is 0 Å². The van der Waals surface area contributed by atoms with Gasteiger partial charge < -0.3 is 9.15 Å². The second-order valence-electron chi connectivity index (χ2n) is 5.02. The van der Waals surface area contributed by atoms with E-state index in [1.54, 1.807) is 18.4 Å². The van der Waals surface area contributed by atoms with Crippen molar-refractivity contribution in [3.05, 3.63) is 35.8 Å². The van der Waals surface area contributed by atoms with Gasteiger partial charge in [0, 0.05) is 24.3 Å². The summed E-state index contributed by atoms with van der Waals surface area (Å²) in [6.45, 7) is 0. The number of carbonyl (C=O) groups excluding carboxylic acids is 3. The molecule has 0 radical (unpaired) electrons. The Morgan fingerprint density at radius 3 is 2.86 bits per heavy atom. The molecule has 21 heavy (non-hydrogen) atoms. The number of rotatable bonds is 2. The van der Waals surface area contributed by atoms with E-state index < -0.39 is 17.8 Å². The summed E-state index contributed by atoms with van der Waals surface area (Å²) in [5, 5.41) is 0. The zero-order chi connectivity index (χ0) is 15.0. The molecule has 0 N–H and O–H groups in total. The molecule has 6 nitrogen and oxygen atoms in total. The monoisotopic (exact) mass is 287 g/mol. The van der Waals surface area contributed by atoms with Gasteiger partial charge in [-0.25, -0.2) is 4.99 Å². The lowest BCUT2D eigenvalue weighted by molar-refractivity contribution is -0.147. The number of allylic oxidation sites excluding steroid dienone is 1. The van der Waals surface area contributed by atoms with Crippen molar-refractivity contribution in [2.45, 2.75) is 18.8 Å². The molecule has 2 unspecified atom stereocenters. The van der Waals surface area contributed by atoms with Crippen LogP contribution in [-0.4, -0.2) is 30.5 Å². The Hall–Kier alpha value is -2.50. The Balaban J connectivity index is 1.90. The number of methoxy groups -OCH3 is 1. The number of fused-ring (bicyclic) bond motifs is 1. The van der Waals surface area contributed by atoms with Gasteiger partial charge in [-0.15, -0.1) is 0 Å². The first-order valence-electron chi connectivity index (χ1n) is 6.58. The summed E-state index contributed by atoms with van der Waals surface area (Å²) in [5.74, 6) is -1.95. The number of aliphatic imine (C=N–C) groups is 1. The summed E-state index contributed by atoms with van der Waals surface area (Å²) in [5.41, 5.74) is 0.783. The van der Waals surface area contributed by atoms with Crippen LogP contribution >= 0.6 is 0 Å². The van der Waals surface area contributed by atoms with Crippen molar-refractivity contribution in [3.63, 3.8) is 0 Å². The second kappa shape index (κ2) is 5.12. The highest BCUT2D eigenvalue weighted by Crippen LogP contribution is 2.34. The smallest absolute Gasteiger partial charge is 0.322 e. The number of ketones is 1. The van der Waals surface area contributed by atoms with Crippen LogP contribution in [0.5, 0.6) is 0 Å². The maximum absolute atomic E-state index is 12.2. The number of hydrogen-bond donors (Lipinski definition) is 0. The molecule has 1 aromatic rings. The molecule has 2 aliphatic rings. The molecule has 1 saturated carbocycles. The highest BCUT2D eigenvalue weighted by molar-refractivity contribution is 6.29. The molecule has 0 spiro atoms. The van der Waals surface area contributed by atoms with Crippen LogP contribution in [0.4, 0.5) is 0 Å². The Morgan fingerprint density at radius 1 is 1.38 bits per heavy atom. The Morgan fingerprint density at radius 2 is 2.19 bits per heavy atom. The Kier molecular flexibility index (Phi) is 3.29. The van der Waals surface area contributed by atoms with Gasteiger partial charge in [0.25, 0.3) is 5.91 Å². The number of Topliss-reactive ketones (excluding diaryl/α,β-unsaturated/α-hetero) is 1. The molecule has 1 aliphatic carbocycles.